The van der Waals surface area contributed by atoms with E-state index in [1.807, 2.05) is 0 Å². The Morgan fingerprint density at radius 3 is 2.81 bits per heavy atom. The molecule has 0 unspecified atom stereocenters. The molecule has 1 aliphatic heterocycles. The van der Waals surface area contributed by atoms with Crippen LogP contribution in [0.5, 0.6) is 5.75 Å². The van der Waals surface area contributed by atoms with Crippen LogP contribution in [0.25, 0.3) is 11.4 Å². The lowest BCUT2D eigenvalue weighted by Crippen LogP contribution is -2.20. The fourth-order valence-electron chi connectivity index (χ4n) is 2.70. The maximum atomic E-state index is 13.2. The number of nitrogens with zero attached hydrogens (tertiary/aromatic N) is 4. The monoisotopic (exact) mass is 382 g/mol. The fraction of sp³-hybridized carbons (Fsp3) is 0.105. The number of hydrogen-bond donors (Lipinski definition) is 0. The van der Waals surface area contributed by atoms with E-state index >= 15 is 0 Å². The highest BCUT2D eigenvalue weighted by Gasteiger charge is 2.24. The molecule has 1 aliphatic rings. The molecule has 0 N–H and O–H groups in total. The van der Waals surface area contributed by atoms with E-state index in [1.54, 1.807) is 30.9 Å². The Kier molecular flexibility index (Phi) is 4.60. The number of rotatable bonds is 4. The fourth-order valence-corrected chi connectivity index (χ4v) is 2.87. The first-order valence-corrected chi connectivity index (χ1v) is 8.42. The lowest BCUT2D eigenvalue weighted by Gasteiger charge is -2.17. The van der Waals surface area contributed by atoms with Gasteiger partial charge in [0, 0.05) is 30.2 Å². The van der Waals surface area contributed by atoms with Gasteiger partial charge in [-0.2, -0.15) is 0 Å². The molecule has 3 aromatic rings. The summed E-state index contributed by atoms with van der Waals surface area (Å²) >= 11 is 5.75. The first-order valence-electron chi connectivity index (χ1n) is 8.04. The SMILES string of the molecule is O=C1CC(COc2ccc(F)c(Cl)c2)=Nc2c1ccnc2-c1cnccn1. The van der Waals surface area contributed by atoms with Gasteiger partial charge in [-0.3, -0.25) is 24.7 Å². The van der Waals surface area contributed by atoms with Gasteiger partial charge in [-0.05, 0) is 18.2 Å². The molecule has 0 fully saturated rings. The number of aliphatic imine (C=N–C) groups is 1. The van der Waals surface area contributed by atoms with Crippen LogP contribution in [0, 0.1) is 5.82 Å². The molecule has 0 atom stereocenters. The minimum Gasteiger partial charge on any atom is -0.488 e. The van der Waals surface area contributed by atoms with Crippen molar-refractivity contribution in [3.63, 3.8) is 0 Å². The van der Waals surface area contributed by atoms with Crippen LogP contribution in [0.4, 0.5) is 10.1 Å². The van der Waals surface area contributed by atoms with Crippen molar-refractivity contribution in [2.75, 3.05) is 6.61 Å². The average molecular weight is 383 g/mol. The number of aromatic nitrogens is 3. The molecule has 134 valence electrons. The summed E-state index contributed by atoms with van der Waals surface area (Å²) in [6.45, 7) is 0.0714. The summed E-state index contributed by atoms with van der Waals surface area (Å²) < 4.78 is 18.8. The van der Waals surface area contributed by atoms with Gasteiger partial charge in [0.1, 0.15) is 35.2 Å². The number of carbonyl (C=O) groups excluding carboxylic acids is 1. The zero-order valence-corrected chi connectivity index (χ0v) is 14.7. The summed E-state index contributed by atoms with van der Waals surface area (Å²) in [5.41, 5.74) is 2.48. The molecule has 0 aliphatic carbocycles. The third-order valence-electron chi connectivity index (χ3n) is 3.96. The largest absolute Gasteiger partial charge is 0.488 e. The van der Waals surface area contributed by atoms with Crippen molar-refractivity contribution in [3.05, 3.63) is 65.5 Å². The highest BCUT2D eigenvalue weighted by molar-refractivity contribution is 6.30. The molecular weight excluding hydrogens is 371 g/mol. The van der Waals surface area contributed by atoms with Crippen LogP contribution < -0.4 is 4.74 Å². The highest BCUT2D eigenvalue weighted by atomic mass is 35.5. The Hall–Kier alpha value is -3.19. The molecule has 0 amide bonds. The van der Waals surface area contributed by atoms with Crippen molar-refractivity contribution in [2.45, 2.75) is 6.42 Å². The normalized spacial score (nSPS) is 13.1. The summed E-state index contributed by atoms with van der Waals surface area (Å²) in [5, 5.41) is -0.0337. The molecule has 27 heavy (non-hydrogen) atoms. The van der Waals surface area contributed by atoms with Crippen LogP contribution in [0.15, 0.2) is 54.0 Å². The lowest BCUT2D eigenvalue weighted by molar-refractivity contribution is 0.0998. The van der Waals surface area contributed by atoms with Crippen molar-refractivity contribution >= 4 is 28.8 Å². The van der Waals surface area contributed by atoms with Crippen LogP contribution in [0.3, 0.4) is 0 Å². The summed E-state index contributed by atoms with van der Waals surface area (Å²) in [5.74, 6) is -0.214. The zero-order chi connectivity index (χ0) is 18.8. The Morgan fingerprint density at radius 1 is 1.15 bits per heavy atom. The summed E-state index contributed by atoms with van der Waals surface area (Å²) in [7, 11) is 0. The molecule has 0 saturated heterocycles. The third kappa shape index (κ3) is 3.54. The van der Waals surface area contributed by atoms with Crippen molar-refractivity contribution in [1.29, 1.82) is 0 Å². The van der Waals surface area contributed by atoms with Crippen molar-refractivity contribution < 1.29 is 13.9 Å². The second-order valence-electron chi connectivity index (χ2n) is 5.79. The van der Waals surface area contributed by atoms with E-state index < -0.39 is 5.82 Å². The predicted octanol–water partition coefficient (Wildman–Crippen LogP) is 4.07. The number of benzene rings is 1. The van der Waals surface area contributed by atoms with Gasteiger partial charge >= 0.3 is 0 Å². The maximum Gasteiger partial charge on any atom is 0.170 e. The first-order chi connectivity index (χ1) is 13.1. The van der Waals surface area contributed by atoms with E-state index in [9.17, 15) is 9.18 Å². The molecule has 0 saturated carbocycles. The van der Waals surface area contributed by atoms with E-state index in [1.165, 1.54) is 18.2 Å². The van der Waals surface area contributed by atoms with E-state index in [0.717, 1.165) is 0 Å². The number of halogens is 2. The standard InChI is InChI=1S/C19H12ClFN4O2/c20-14-8-12(1-2-15(14)21)27-10-11-7-17(26)13-3-4-24-19(18(13)25-11)16-9-22-5-6-23-16/h1-6,8-9H,7,10H2. The summed E-state index contributed by atoms with van der Waals surface area (Å²) in [4.78, 5) is 29.7. The summed E-state index contributed by atoms with van der Waals surface area (Å²) in [6, 6.07) is 5.70. The molecule has 4 rings (SSSR count). The second kappa shape index (κ2) is 7.20. The third-order valence-corrected chi connectivity index (χ3v) is 4.25. The number of pyridine rings is 1. The van der Waals surface area contributed by atoms with Gasteiger partial charge in [-0.15, -0.1) is 0 Å². The summed E-state index contributed by atoms with van der Waals surface area (Å²) in [6.07, 6.45) is 6.35. The maximum absolute atomic E-state index is 13.2. The molecule has 6 nitrogen and oxygen atoms in total. The molecule has 1 aromatic carbocycles. The highest BCUT2D eigenvalue weighted by Crippen LogP contribution is 2.34. The van der Waals surface area contributed by atoms with Gasteiger partial charge in [0.15, 0.2) is 5.78 Å². The molecule has 0 radical (unpaired) electrons. The van der Waals surface area contributed by atoms with Crippen LogP contribution in [0.1, 0.15) is 16.8 Å². The van der Waals surface area contributed by atoms with Crippen LogP contribution >= 0.6 is 11.6 Å². The quantitative estimate of drug-likeness (QED) is 0.679. The van der Waals surface area contributed by atoms with Gasteiger partial charge < -0.3 is 4.74 Å². The van der Waals surface area contributed by atoms with E-state index in [0.29, 0.717) is 34.1 Å². The number of hydrogen-bond acceptors (Lipinski definition) is 6. The van der Waals surface area contributed by atoms with Gasteiger partial charge in [0.25, 0.3) is 0 Å². The van der Waals surface area contributed by atoms with Crippen LogP contribution in [-0.2, 0) is 0 Å². The molecule has 3 heterocycles. The van der Waals surface area contributed by atoms with Gasteiger partial charge in [-0.25, -0.2) is 4.39 Å². The van der Waals surface area contributed by atoms with Gasteiger partial charge in [0.2, 0.25) is 0 Å². The molecule has 0 bridgehead atoms. The van der Waals surface area contributed by atoms with Crippen molar-refractivity contribution in [1.82, 2.24) is 15.0 Å². The second-order valence-corrected chi connectivity index (χ2v) is 6.20. The molecule has 2 aromatic heterocycles. The average Bonchev–Trinajstić information content (AvgIpc) is 2.69. The predicted molar refractivity (Wildman–Crippen MR) is 98.2 cm³/mol. The van der Waals surface area contributed by atoms with E-state index in [2.05, 4.69) is 19.9 Å². The minimum absolute atomic E-state index is 0.0337. The molecule has 0 spiro atoms. The Bertz CT molecular complexity index is 1060. The topological polar surface area (TPSA) is 77.3 Å². The van der Waals surface area contributed by atoms with Crippen molar-refractivity contribution in [3.8, 4) is 17.1 Å². The van der Waals surface area contributed by atoms with Gasteiger partial charge in [0.05, 0.1) is 23.4 Å². The lowest BCUT2D eigenvalue weighted by atomic mass is 9.99. The number of Topliss-reactive ketones (excluding diaryl/α,β-unsaturated/α-hetero) is 1. The number of carbonyl (C=O) groups is 1. The van der Waals surface area contributed by atoms with Crippen LogP contribution in [-0.4, -0.2) is 33.1 Å². The number of ether oxygens (including phenoxy) is 1. The van der Waals surface area contributed by atoms with E-state index in [-0.39, 0.29) is 23.8 Å². The number of ketones is 1. The smallest absolute Gasteiger partial charge is 0.170 e. The Labute approximate surface area is 158 Å². The Morgan fingerprint density at radius 2 is 2.04 bits per heavy atom. The first kappa shape index (κ1) is 17.2. The number of fused-ring (bicyclic) bond motifs is 1. The molecule has 8 heteroatoms. The zero-order valence-electron chi connectivity index (χ0n) is 13.9. The van der Waals surface area contributed by atoms with Crippen molar-refractivity contribution in [2.24, 2.45) is 4.99 Å². The Balaban J connectivity index is 1.65. The minimum atomic E-state index is -0.525. The van der Waals surface area contributed by atoms with E-state index in [4.69, 9.17) is 16.3 Å². The van der Waals surface area contributed by atoms with Gasteiger partial charge in [-0.1, -0.05) is 11.6 Å². The van der Waals surface area contributed by atoms with Crippen LogP contribution in [0.2, 0.25) is 5.02 Å². The molecular formula is C19H12ClFN4O2.